The summed E-state index contributed by atoms with van der Waals surface area (Å²) in [4.78, 5) is 14.9. The van der Waals surface area contributed by atoms with Crippen molar-refractivity contribution in [3.8, 4) is 22.8 Å². The highest BCUT2D eigenvalue weighted by Gasteiger charge is 2.33. The van der Waals surface area contributed by atoms with Gasteiger partial charge in [0.15, 0.2) is 23.0 Å². The fourth-order valence-corrected chi connectivity index (χ4v) is 3.74. The van der Waals surface area contributed by atoms with Gasteiger partial charge < -0.3 is 18.9 Å². The van der Waals surface area contributed by atoms with Gasteiger partial charge in [0.1, 0.15) is 0 Å². The van der Waals surface area contributed by atoms with Crippen molar-refractivity contribution in [3.63, 3.8) is 0 Å². The van der Waals surface area contributed by atoms with Crippen molar-refractivity contribution in [3.05, 3.63) is 47.9 Å². The second-order valence-corrected chi connectivity index (χ2v) is 6.68. The standard InChI is InChI=1S/C19H18N4O4/c1-22-14(6-7-20-22)15-3-2-8-23(15)19(24)13-10-17(27-21-13)12-4-5-16-18(9-12)26-11-25-16/h4-7,9-10,15H,2-3,8,11H2,1H3. The summed E-state index contributed by atoms with van der Waals surface area (Å²) in [6.07, 6.45) is 3.62. The molecule has 8 nitrogen and oxygen atoms in total. The van der Waals surface area contributed by atoms with E-state index in [2.05, 4.69) is 10.3 Å². The van der Waals surface area contributed by atoms with Gasteiger partial charge in [-0.25, -0.2) is 0 Å². The lowest BCUT2D eigenvalue weighted by Crippen LogP contribution is -2.31. The molecular weight excluding hydrogens is 348 g/mol. The third-order valence-corrected chi connectivity index (χ3v) is 5.10. The third kappa shape index (κ3) is 2.64. The van der Waals surface area contributed by atoms with Gasteiger partial charge in [0.05, 0.1) is 11.7 Å². The van der Waals surface area contributed by atoms with Gasteiger partial charge in [-0.2, -0.15) is 5.10 Å². The minimum Gasteiger partial charge on any atom is -0.454 e. The van der Waals surface area contributed by atoms with E-state index in [0.29, 0.717) is 29.5 Å². The molecule has 1 atom stereocenters. The highest BCUT2D eigenvalue weighted by atomic mass is 16.7. The highest BCUT2D eigenvalue weighted by Crippen LogP contribution is 2.37. The first-order valence-corrected chi connectivity index (χ1v) is 8.86. The van der Waals surface area contributed by atoms with Crippen LogP contribution in [0, 0.1) is 0 Å². The predicted octanol–water partition coefficient (Wildman–Crippen LogP) is 2.78. The van der Waals surface area contributed by atoms with E-state index in [4.69, 9.17) is 14.0 Å². The van der Waals surface area contributed by atoms with E-state index in [-0.39, 0.29) is 18.7 Å². The van der Waals surface area contributed by atoms with Crippen LogP contribution in [0.4, 0.5) is 0 Å². The minimum atomic E-state index is -0.130. The van der Waals surface area contributed by atoms with E-state index in [1.807, 2.05) is 40.9 Å². The lowest BCUT2D eigenvalue weighted by Gasteiger charge is -2.23. The summed E-state index contributed by atoms with van der Waals surface area (Å²) in [7, 11) is 1.89. The molecule has 1 amide bonds. The molecule has 2 aliphatic heterocycles. The maximum absolute atomic E-state index is 13.0. The van der Waals surface area contributed by atoms with Gasteiger partial charge >= 0.3 is 0 Å². The Kier molecular flexibility index (Phi) is 3.63. The number of ether oxygens (including phenoxy) is 2. The van der Waals surface area contributed by atoms with E-state index in [1.165, 1.54) is 0 Å². The van der Waals surface area contributed by atoms with Crippen LogP contribution in [0.25, 0.3) is 11.3 Å². The Morgan fingerprint density at radius 3 is 2.93 bits per heavy atom. The van der Waals surface area contributed by atoms with Gasteiger partial charge in [0.2, 0.25) is 6.79 Å². The quantitative estimate of drug-likeness (QED) is 0.709. The SMILES string of the molecule is Cn1nccc1C1CCCN1C(=O)c1cc(-c2ccc3c(c2)OCO3)on1. The summed E-state index contributed by atoms with van der Waals surface area (Å²) >= 11 is 0. The second kappa shape index (κ2) is 6.15. The first kappa shape index (κ1) is 15.9. The number of likely N-dealkylation sites (tertiary alicyclic amines) is 1. The molecule has 0 radical (unpaired) electrons. The van der Waals surface area contributed by atoms with E-state index < -0.39 is 0 Å². The van der Waals surface area contributed by atoms with Crippen molar-refractivity contribution in [2.24, 2.45) is 7.05 Å². The molecule has 0 N–H and O–H groups in total. The number of nitrogens with zero attached hydrogens (tertiary/aromatic N) is 4. The predicted molar refractivity (Wildman–Crippen MR) is 94.3 cm³/mol. The summed E-state index contributed by atoms with van der Waals surface area (Å²) in [5, 5.41) is 8.23. The van der Waals surface area contributed by atoms with Gasteiger partial charge in [-0.15, -0.1) is 0 Å². The molecule has 8 heteroatoms. The van der Waals surface area contributed by atoms with Crippen molar-refractivity contribution in [2.45, 2.75) is 18.9 Å². The molecule has 1 aromatic carbocycles. The zero-order valence-corrected chi connectivity index (χ0v) is 14.8. The normalized spacial score (nSPS) is 18.3. The molecule has 0 saturated carbocycles. The molecule has 0 aliphatic carbocycles. The molecule has 0 bridgehead atoms. The van der Waals surface area contributed by atoms with Crippen molar-refractivity contribution in [1.29, 1.82) is 0 Å². The topological polar surface area (TPSA) is 82.6 Å². The molecule has 2 aromatic heterocycles. The summed E-state index contributed by atoms with van der Waals surface area (Å²) in [6, 6.07) is 9.15. The fraction of sp³-hybridized carbons (Fsp3) is 0.316. The summed E-state index contributed by atoms with van der Waals surface area (Å²) in [5.74, 6) is 1.75. The fourth-order valence-electron chi connectivity index (χ4n) is 3.74. The highest BCUT2D eigenvalue weighted by molar-refractivity contribution is 5.93. The molecule has 1 saturated heterocycles. The van der Waals surface area contributed by atoms with Gasteiger partial charge in [-0.05, 0) is 37.1 Å². The Labute approximate surface area is 155 Å². The number of aryl methyl sites for hydroxylation is 1. The average Bonchev–Trinajstić information content (AvgIpc) is 3.45. The number of fused-ring (bicyclic) bond motifs is 1. The van der Waals surface area contributed by atoms with Crippen LogP contribution >= 0.6 is 0 Å². The van der Waals surface area contributed by atoms with Crippen molar-refractivity contribution >= 4 is 5.91 Å². The van der Waals surface area contributed by atoms with E-state index in [0.717, 1.165) is 24.1 Å². The zero-order valence-electron chi connectivity index (χ0n) is 14.8. The number of carbonyl (C=O) groups is 1. The number of benzene rings is 1. The number of carbonyl (C=O) groups excluding carboxylic acids is 1. The molecule has 4 heterocycles. The Morgan fingerprint density at radius 1 is 1.19 bits per heavy atom. The van der Waals surface area contributed by atoms with Crippen molar-refractivity contribution in [2.75, 3.05) is 13.3 Å². The molecule has 3 aromatic rings. The molecule has 1 unspecified atom stereocenters. The molecular formula is C19H18N4O4. The molecule has 5 rings (SSSR count). The van der Waals surface area contributed by atoms with Gasteiger partial charge in [-0.1, -0.05) is 5.16 Å². The molecule has 27 heavy (non-hydrogen) atoms. The van der Waals surface area contributed by atoms with E-state index in [9.17, 15) is 4.79 Å². The van der Waals surface area contributed by atoms with Gasteiger partial charge in [-0.3, -0.25) is 9.48 Å². The third-order valence-electron chi connectivity index (χ3n) is 5.10. The number of aromatic nitrogens is 3. The number of rotatable bonds is 3. The monoisotopic (exact) mass is 366 g/mol. The van der Waals surface area contributed by atoms with Crippen LogP contribution in [0.2, 0.25) is 0 Å². The van der Waals surface area contributed by atoms with Gasteiger partial charge in [0.25, 0.3) is 5.91 Å². The summed E-state index contributed by atoms with van der Waals surface area (Å²) in [6.45, 7) is 0.907. The summed E-state index contributed by atoms with van der Waals surface area (Å²) < 4.78 is 18.0. The van der Waals surface area contributed by atoms with Crippen LogP contribution < -0.4 is 9.47 Å². The largest absolute Gasteiger partial charge is 0.454 e. The second-order valence-electron chi connectivity index (χ2n) is 6.68. The smallest absolute Gasteiger partial charge is 0.276 e. The maximum Gasteiger partial charge on any atom is 0.276 e. The van der Waals surface area contributed by atoms with Crippen LogP contribution in [-0.4, -0.2) is 39.1 Å². The molecule has 1 fully saturated rings. The van der Waals surface area contributed by atoms with E-state index >= 15 is 0 Å². The van der Waals surface area contributed by atoms with Crippen LogP contribution in [0.15, 0.2) is 41.1 Å². The number of hydrogen-bond donors (Lipinski definition) is 0. The Morgan fingerprint density at radius 2 is 2.07 bits per heavy atom. The zero-order chi connectivity index (χ0) is 18.4. The van der Waals surface area contributed by atoms with Crippen LogP contribution in [0.3, 0.4) is 0 Å². The van der Waals surface area contributed by atoms with Crippen molar-refractivity contribution < 1.29 is 18.8 Å². The molecule has 138 valence electrons. The maximum atomic E-state index is 13.0. The van der Waals surface area contributed by atoms with Crippen LogP contribution in [0.5, 0.6) is 11.5 Å². The Balaban J connectivity index is 1.41. The Bertz CT molecular complexity index is 1010. The minimum absolute atomic E-state index is 0.00990. The van der Waals surface area contributed by atoms with E-state index in [1.54, 1.807) is 12.3 Å². The number of amides is 1. The molecule has 2 aliphatic rings. The van der Waals surface area contributed by atoms with Crippen molar-refractivity contribution in [1.82, 2.24) is 19.8 Å². The van der Waals surface area contributed by atoms with Crippen LogP contribution in [0.1, 0.15) is 35.1 Å². The first-order valence-electron chi connectivity index (χ1n) is 8.86. The Hall–Kier alpha value is -3.29. The van der Waals surface area contributed by atoms with Gasteiger partial charge in [0, 0.05) is 31.4 Å². The lowest BCUT2D eigenvalue weighted by molar-refractivity contribution is 0.0720. The summed E-state index contributed by atoms with van der Waals surface area (Å²) in [5.41, 5.74) is 2.12. The average molecular weight is 366 g/mol. The first-order chi connectivity index (χ1) is 13.2. The number of hydrogen-bond acceptors (Lipinski definition) is 6. The molecule has 0 spiro atoms. The lowest BCUT2D eigenvalue weighted by atomic mass is 10.1. The van der Waals surface area contributed by atoms with Crippen LogP contribution in [-0.2, 0) is 7.05 Å².